The topological polar surface area (TPSA) is 53.1 Å². The summed E-state index contributed by atoms with van der Waals surface area (Å²) in [6.07, 6.45) is 4.95. The van der Waals surface area contributed by atoms with Crippen molar-refractivity contribution in [1.82, 2.24) is 9.78 Å². The molecule has 0 atom stereocenters. The van der Waals surface area contributed by atoms with Crippen molar-refractivity contribution < 1.29 is 4.74 Å². The second kappa shape index (κ2) is 4.91. The normalized spacial score (nSPS) is 10.5. The molecular formula is C13H17N3O. The summed E-state index contributed by atoms with van der Waals surface area (Å²) in [6, 6.07) is 5.69. The summed E-state index contributed by atoms with van der Waals surface area (Å²) in [5.41, 5.74) is 8.62. The van der Waals surface area contributed by atoms with E-state index in [1.165, 1.54) is 0 Å². The first-order valence-corrected chi connectivity index (χ1v) is 5.70. The Morgan fingerprint density at radius 2 is 2.12 bits per heavy atom. The number of aromatic nitrogens is 2. The van der Waals surface area contributed by atoms with E-state index in [1.807, 2.05) is 29.2 Å². The molecule has 17 heavy (non-hydrogen) atoms. The summed E-state index contributed by atoms with van der Waals surface area (Å²) in [7, 11) is 1.64. The van der Waals surface area contributed by atoms with Gasteiger partial charge in [0.2, 0.25) is 0 Å². The molecule has 2 rings (SSSR count). The van der Waals surface area contributed by atoms with Gasteiger partial charge in [0.1, 0.15) is 5.75 Å². The van der Waals surface area contributed by atoms with Gasteiger partial charge in [0.15, 0.2) is 0 Å². The van der Waals surface area contributed by atoms with Crippen molar-refractivity contribution in [1.29, 1.82) is 0 Å². The SMILES string of the molecule is CCCn1cc(-c2cc(N)cc(OC)c2)cn1. The highest BCUT2D eigenvalue weighted by Gasteiger charge is 2.04. The van der Waals surface area contributed by atoms with E-state index in [-0.39, 0.29) is 0 Å². The molecule has 0 bridgehead atoms. The second-order valence-corrected chi connectivity index (χ2v) is 3.99. The van der Waals surface area contributed by atoms with Gasteiger partial charge in [0.25, 0.3) is 0 Å². The number of rotatable bonds is 4. The largest absolute Gasteiger partial charge is 0.497 e. The second-order valence-electron chi connectivity index (χ2n) is 3.99. The molecule has 0 aliphatic carbocycles. The molecule has 1 aromatic heterocycles. The number of hydrogen-bond donors (Lipinski definition) is 1. The van der Waals surface area contributed by atoms with Crippen molar-refractivity contribution in [3.8, 4) is 16.9 Å². The molecule has 0 fully saturated rings. The molecule has 0 unspecified atom stereocenters. The lowest BCUT2D eigenvalue weighted by atomic mass is 10.1. The Labute approximate surface area is 101 Å². The third kappa shape index (κ3) is 2.58. The highest BCUT2D eigenvalue weighted by Crippen LogP contribution is 2.26. The van der Waals surface area contributed by atoms with E-state index in [0.717, 1.165) is 29.8 Å². The maximum atomic E-state index is 5.83. The van der Waals surface area contributed by atoms with E-state index >= 15 is 0 Å². The molecule has 0 aliphatic heterocycles. The van der Waals surface area contributed by atoms with Crippen molar-refractivity contribution in [3.63, 3.8) is 0 Å². The molecule has 2 N–H and O–H groups in total. The summed E-state index contributed by atoms with van der Waals surface area (Å²) in [5.74, 6) is 0.767. The Morgan fingerprint density at radius 3 is 2.82 bits per heavy atom. The monoisotopic (exact) mass is 231 g/mol. The number of benzene rings is 1. The van der Waals surface area contributed by atoms with Crippen molar-refractivity contribution >= 4 is 5.69 Å². The fourth-order valence-corrected chi connectivity index (χ4v) is 1.77. The molecule has 4 nitrogen and oxygen atoms in total. The van der Waals surface area contributed by atoms with Crippen molar-refractivity contribution in [2.45, 2.75) is 19.9 Å². The summed E-state index contributed by atoms with van der Waals surface area (Å²) in [5, 5.41) is 4.30. The lowest BCUT2D eigenvalue weighted by Gasteiger charge is -2.04. The van der Waals surface area contributed by atoms with Crippen molar-refractivity contribution in [2.75, 3.05) is 12.8 Å². The van der Waals surface area contributed by atoms with Crippen LogP contribution in [0.4, 0.5) is 5.69 Å². The maximum Gasteiger partial charge on any atom is 0.121 e. The van der Waals surface area contributed by atoms with Crippen LogP contribution < -0.4 is 10.5 Å². The first-order chi connectivity index (χ1) is 8.22. The van der Waals surface area contributed by atoms with Crippen LogP contribution in [0.5, 0.6) is 5.75 Å². The van der Waals surface area contributed by atoms with Crippen molar-refractivity contribution in [2.24, 2.45) is 0 Å². The molecule has 0 saturated carbocycles. The highest BCUT2D eigenvalue weighted by molar-refractivity contribution is 5.68. The fourth-order valence-electron chi connectivity index (χ4n) is 1.77. The number of anilines is 1. The van der Waals surface area contributed by atoms with Gasteiger partial charge in [-0.15, -0.1) is 0 Å². The Bertz CT molecular complexity index is 505. The number of nitrogens with two attached hydrogens (primary N) is 1. The molecule has 0 amide bonds. The van der Waals surface area contributed by atoms with Crippen LogP contribution in [0.3, 0.4) is 0 Å². The predicted octanol–water partition coefficient (Wildman–Crippen LogP) is 2.55. The zero-order valence-electron chi connectivity index (χ0n) is 10.2. The summed E-state index contributed by atoms with van der Waals surface area (Å²) < 4.78 is 7.14. The third-order valence-corrected chi connectivity index (χ3v) is 2.58. The Kier molecular flexibility index (Phi) is 3.32. The number of nitrogen functional groups attached to an aromatic ring is 1. The fraction of sp³-hybridized carbons (Fsp3) is 0.308. The lowest BCUT2D eigenvalue weighted by molar-refractivity contribution is 0.415. The van der Waals surface area contributed by atoms with E-state index in [4.69, 9.17) is 10.5 Å². The minimum atomic E-state index is 0.697. The number of ether oxygens (including phenoxy) is 1. The average molecular weight is 231 g/mol. The smallest absolute Gasteiger partial charge is 0.121 e. The molecule has 0 radical (unpaired) electrons. The minimum absolute atomic E-state index is 0.697. The number of nitrogens with zero attached hydrogens (tertiary/aromatic N) is 2. The Morgan fingerprint density at radius 1 is 1.29 bits per heavy atom. The molecule has 4 heteroatoms. The van der Waals surface area contributed by atoms with E-state index in [2.05, 4.69) is 12.0 Å². The first-order valence-electron chi connectivity index (χ1n) is 5.70. The van der Waals surface area contributed by atoms with Gasteiger partial charge in [-0.2, -0.15) is 5.10 Å². The van der Waals surface area contributed by atoms with E-state index in [1.54, 1.807) is 13.2 Å². The Hall–Kier alpha value is -1.97. The van der Waals surface area contributed by atoms with Crippen LogP contribution in [-0.2, 0) is 6.54 Å². The van der Waals surface area contributed by atoms with Gasteiger partial charge in [-0.05, 0) is 24.1 Å². The zero-order valence-corrected chi connectivity index (χ0v) is 10.2. The van der Waals surface area contributed by atoms with Crippen LogP contribution >= 0.6 is 0 Å². The van der Waals surface area contributed by atoms with Crippen LogP contribution in [0.2, 0.25) is 0 Å². The lowest BCUT2D eigenvalue weighted by Crippen LogP contribution is -1.95. The summed E-state index contributed by atoms with van der Waals surface area (Å²) in [6.45, 7) is 3.06. The van der Waals surface area contributed by atoms with Gasteiger partial charge in [0, 0.05) is 30.1 Å². The van der Waals surface area contributed by atoms with Crippen LogP contribution in [0.15, 0.2) is 30.6 Å². The molecule has 0 aliphatic rings. The Balaban J connectivity index is 2.34. The molecule has 0 spiro atoms. The van der Waals surface area contributed by atoms with Gasteiger partial charge >= 0.3 is 0 Å². The molecular weight excluding hydrogens is 214 g/mol. The van der Waals surface area contributed by atoms with Crippen molar-refractivity contribution in [3.05, 3.63) is 30.6 Å². The van der Waals surface area contributed by atoms with Gasteiger partial charge in [-0.25, -0.2) is 0 Å². The first kappa shape index (κ1) is 11.5. The molecule has 0 saturated heterocycles. The molecule has 90 valence electrons. The van der Waals surface area contributed by atoms with Crippen LogP contribution in [0.25, 0.3) is 11.1 Å². The number of methoxy groups -OCH3 is 1. The minimum Gasteiger partial charge on any atom is -0.497 e. The van der Waals surface area contributed by atoms with E-state index < -0.39 is 0 Å². The predicted molar refractivity (Wildman–Crippen MR) is 68.9 cm³/mol. The average Bonchev–Trinajstić information content (AvgIpc) is 2.77. The molecule has 1 heterocycles. The van der Waals surface area contributed by atoms with Crippen LogP contribution in [0.1, 0.15) is 13.3 Å². The molecule has 2 aromatic rings. The maximum absolute atomic E-state index is 5.83. The van der Waals surface area contributed by atoms with E-state index in [9.17, 15) is 0 Å². The quantitative estimate of drug-likeness (QED) is 0.823. The van der Waals surface area contributed by atoms with Crippen LogP contribution in [0, 0.1) is 0 Å². The van der Waals surface area contributed by atoms with Gasteiger partial charge in [0.05, 0.1) is 13.3 Å². The zero-order chi connectivity index (χ0) is 12.3. The number of aryl methyl sites for hydroxylation is 1. The van der Waals surface area contributed by atoms with Gasteiger partial charge in [-0.3, -0.25) is 4.68 Å². The highest BCUT2D eigenvalue weighted by atomic mass is 16.5. The standard InChI is InChI=1S/C13H17N3O/c1-3-4-16-9-11(8-15-16)10-5-12(14)7-13(6-10)17-2/h5-9H,3-4,14H2,1-2H3. The molecule has 1 aromatic carbocycles. The third-order valence-electron chi connectivity index (χ3n) is 2.58. The summed E-state index contributed by atoms with van der Waals surface area (Å²) in [4.78, 5) is 0. The van der Waals surface area contributed by atoms with Gasteiger partial charge < -0.3 is 10.5 Å². The summed E-state index contributed by atoms with van der Waals surface area (Å²) >= 11 is 0. The van der Waals surface area contributed by atoms with Gasteiger partial charge in [-0.1, -0.05) is 6.92 Å². The van der Waals surface area contributed by atoms with E-state index in [0.29, 0.717) is 5.69 Å². The number of hydrogen-bond acceptors (Lipinski definition) is 3. The van der Waals surface area contributed by atoms with Crippen LogP contribution in [-0.4, -0.2) is 16.9 Å².